The van der Waals surface area contributed by atoms with Gasteiger partial charge in [0.25, 0.3) is 5.91 Å². The van der Waals surface area contributed by atoms with Gasteiger partial charge in [0.15, 0.2) is 5.17 Å². The quantitative estimate of drug-likeness (QED) is 0.763. The molecule has 5 heteroatoms. The highest BCUT2D eigenvalue weighted by Gasteiger charge is 2.19. The Labute approximate surface area is 103 Å². The SMILES string of the molecule is NC1=NC(=O)/C(=C\c2ccc3c(c2)CCO3)S1. The largest absolute Gasteiger partial charge is 0.493 e. The van der Waals surface area contributed by atoms with Crippen molar-refractivity contribution in [2.24, 2.45) is 10.7 Å². The van der Waals surface area contributed by atoms with Crippen molar-refractivity contribution in [2.75, 3.05) is 6.61 Å². The van der Waals surface area contributed by atoms with Crippen molar-refractivity contribution >= 4 is 28.9 Å². The summed E-state index contributed by atoms with van der Waals surface area (Å²) in [6.45, 7) is 0.735. The van der Waals surface area contributed by atoms with Crippen LogP contribution in [0.4, 0.5) is 0 Å². The highest BCUT2D eigenvalue weighted by atomic mass is 32.2. The molecule has 2 heterocycles. The Hall–Kier alpha value is -1.75. The lowest BCUT2D eigenvalue weighted by Crippen LogP contribution is -2.01. The van der Waals surface area contributed by atoms with E-state index in [1.807, 2.05) is 24.3 Å². The second-order valence-electron chi connectivity index (χ2n) is 3.83. The summed E-state index contributed by atoms with van der Waals surface area (Å²) in [6, 6.07) is 5.90. The zero-order valence-corrected chi connectivity index (χ0v) is 9.79. The number of hydrogen-bond donors (Lipinski definition) is 1. The van der Waals surface area contributed by atoms with Gasteiger partial charge in [-0.25, -0.2) is 0 Å². The Morgan fingerprint density at radius 1 is 1.47 bits per heavy atom. The van der Waals surface area contributed by atoms with Gasteiger partial charge < -0.3 is 10.5 Å². The van der Waals surface area contributed by atoms with Gasteiger partial charge in [-0.05, 0) is 41.1 Å². The monoisotopic (exact) mass is 246 g/mol. The van der Waals surface area contributed by atoms with E-state index < -0.39 is 0 Å². The fraction of sp³-hybridized carbons (Fsp3) is 0.167. The molecular weight excluding hydrogens is 236 g/mol. The van der Waals surface area contributed by atoms with Crippen LogP contribution in [0.1, 0.15) is 11.1 Å². The first-order valence-corrected chi connectivity index (χ1v) is 6.08. The molecule has 1 aromatic rings. The third-order valence-corrected chi connectivity index (χ3v) is 3.46. The first-order chi connectivity index (χ1) is 8.22. The highest BCUT2D eigenvalue weighted by molar-refractivity contribution is 8.18. The van der Waals surface area contributed by atoms with E-state index in [-0.39, 0.29) is 5.91 Å². The number of hydrogen-bond acceptors (Lipinski definition) is 4. The van der Waals surface area contributed by atoms with Crippen molar-refractivity contribution in [3.8, 4) is 5.75 Å². The second-order valence-corrected chi connectivity index (χ2v) is 4.89. The van der Waals surface area contributed by atoms with Crippen LogP contribution in [0.2, 0.25) is 0 Å². The minimum atomic E-state index is -0.260. The first kappa shape index (κ1) is 10.4. The Bertz CT molecular complexity index is 564. The molecule has 0 spiro atoms. The Kier molecular flexibility index (Phi) is 2.40. The minimum absolute atomic E-state index is 0.260. The van der Waals surface area contributed by atoms with Crippen LogP contribution in [0.5, 0.6) is 5.75 Å². The van der Waals surface area contributed by atoms with Crippen molar-refractivity contribution in [3.63, 3.8) is 0 Å². The molecule has 0 fully saturated rings. The third-order valence-electron chi connectivity index (χ3n) is 2.65. The maximum Gasteiger partial charge on any atom is 0.286 e. The van der Waals surface area contributed by atoms with Crippen LogP contribution < -0.4 is 10.5 Å². The summed E-state index contributed by atoms with van der Waals surface area (Å²) < 4.78 is 5.43. The smallest absolute Gasteiger partial charge is 0.286 e. The maximum atomic E-state index is 11.4. The molecule has 0 aromatic heterocycles. The number of carbonyl (C=O) groups excluding carboxylic acids is 1. The fourth-order valence-electron chi connectivity index (χ4n) is 1.87. The summed E-state index contributed by atoms with van der Waals surface area (Å²) in [5.41, 5.74) is 7.66. The van der Waals surface area contributed by atoms with E-state index in [9.17, 15) is 4.79 Å². The molecule has 0 atom stereocenters. The van der Waals surface area contributed by atoms with Gasteiger partial charge in [-0.1, -0.05) is 6.07 Å². The summed E-state index contributed by atoms with van der Waals surface area (Å²) in [5, 5.41) is 0.311. The standard InChI is InChI=1S/C12H10N2O2S/c13-12-14-11(15)10(17-12)6-7-1-2-9-8(5-7)3-4-16-9/h1-2,5-6H,3-4H2,(H2,13,14,15)/b10-6+. The molecule has 86 valence electrons. The van der Waals surface area contributed by atoms with Crippen LogP contribution >= 0.6 is 11.8 Å². The Morgan fingerprint density at radius 2 is 2.35 bits per heavy atom. The molecule has 0 bridgehead atoms. The molecule has 0 saturated carbocycles. The van der Waals surface area contributed by atoms with E-state index in [0.29, 0.717) is 10.1 Å². The van der Waals surface area contributed by atoms with E-state index in [4.69, 9.17) is 10.5 Å². The van der Waals surface area contributed by atoms with Crippen LogP contribution in [-0.2, 0) is 11.2 Å². The number of thioether (sulfide) groups is 1. The van der Waals surface area contributed by atoms with Gasteiger partial charge in [0.2, 0.25) is 0 Å². The molecule has 2 aliphatic heterocycles. The normalized spacial score (nSPS) is 20.4. The van der Waals surface area contributed by atoms with Gasteiger partial charge in [-0.2, -0.15) is 4.99 Å². The lowest BCUT2D eigenvalue weighted by Gasteiger charge is -2.00. The van der Waals surface area contributed by atoms with Crippen molar-refractivity contribution in [2.45, 2.75) is 6.42 Å². The van der Waals surface area contributed by atoms with Crippen molar-refractivity contribution in [1.82, 2.24) is 0 Å². The lowest BCUT2D eigenvalue weighted by atomic mass is 10.1. The molecule has 0 saturated heterocycles. The minimum Gasteiger partial charge on any atom is -0.493 e. The number of amides is 1. The number of rotatable bonds is 1. The van der Waals surface area contributed by atoms with Crippen molar-refractivity contribution in [1.29, 1.82) is 0 Å². The number of carbonyl (C=O) groups is 1. The number of amidine groups is 1. The van der Waals surface area contributed by atoms with Crippen molar-refractivity contribution < 1.29 is 9.53 Å². The number of nitrogens with two attached hydrogens (primary N) is 1. The predicted octanol–water partition coefficient (Wildman–Crippen LogP) is 1.55. The number of benzene rings is 1. The first-order valence-electron chi connectivity index (χ1n) is 5.26. The van der Waals surface area contributed by atoms with Gasteiger partial charge in [0, 0.05) is 6.42 Å². The highest BCUT2D eigenvalue weighted by Crippen LogP contribution is 2.30. The zero-order valence-electron chi connectivity index (χ0n) is 8.97. The molecule has 2 aliphatic rings. The average molecular weight is 246 g/mol. The number of fused-ring (bicyclic) bond motifs is 1. The molecule has 3 rings (SSSR count). The summed E-state index contributed by atoms with van der Waals surface area (Å²) >= 11 is 1.21. The third kappa shape index (κ3) is 1.93. The number of nitrogens with zero attached hydrogens (tertiary/aromatic N) is 1. The van der Waals surface area contributed by atoms with Crippen molar-refractivity contribution in [3.05, 3.63) is 34.2 Å². The molecule has 2 N–H and O–H groups in total. The number of aliphatic imine (C=N–C) groups is 1. The zero-order chi connectivity index (χ0) is 11.8. The van der Waals surface area contributed by atoms with Gasteiger partial charge in [-0.3, -0.25) is 4.79 Å². The Morgan fingerprint density at radius 3 is 3.12 bits per heavy atom. The van der Waals surface area contributed by atoms with Crippen LogP contribution in [0.15, 0.2) is 28.1 Å². The summed E-state index contributed by atoms with van der Waals surface area (Å²) in [7, 11) is 0. The molecule has 1 amide bonds. The van der Waals surface area contributed by atoms with E-state index >= 15 is 0 Å². The predicted molar refractivity (Wildman–Crippen MR) is 67.8 cm³/mol. The summed E-state index contributed by atoms with van der Waals surface area (Å²) in [6.07, 6.45) is 2.74. The van der Waals surface area contributed by atoms with Crippen LogP contribution in [0, 0.1) is 0 Å². The van der Waals surface area contributed by atoms with Gasteiger partial charge in [0.05, 0.1) is 11.5 Å². The van der Waals surface area contributed by atoms with Gasteiger partial charge in [-0.15, -0.1) is 0 Å². The van der Waals surface area contributed by atoms with E-state index in [0.717, 1.165) is 24.3 Å². The van der Waals surface area contributed by atoms with Gasteiger partial charge in [0.1, 0.15) is 5.75 Å². The molecule has 4 nitrogen and oxygen atoms in total. The fourth-order valence-corrected chi connectivity index (χ4v) is 2.56. The van der Waals surface area contributed by atoms with E-state index in [1.165, 1.54) is 17.3 Å². The van der Waals surface area contributed by atoms with Crippen LogP contribution in [-0.4, -0.2) is 17.7 Å². The van der Waals surface area contributed by atoms with Crippen LogP contribution in [0.3, 0.4) is 0 Å². The van der Waals surface area contributed by atoms with Crippen LogP contribution in [0.25, 0.3) is 6.08 Å². The van der Waals surface area contributed by atoms with E-state index in [1.54, 1.807) is 0 Å². The Balaban J connectivity index is 1.91. The summed E-state index contributed by atoms with van der Waals surface area (Å²) in [4.78, 5) is 15.7. The van der Waals surface area contributed by atoms with E-state index in [2.05, 4.69) is 4.99 Å². The molecule has 17 heavy (non-hydrogen) atoms. The van der Waals surface area contributed by atoms with Gasteiger partial charge >= 0.3 is 0 Å². The molecule has 0 radical (unpaired) electrons. The number of ether oxygens (including phenoxy) is 1. The molecule has 0 aliphatic carbocycles. The molecular formula is C12H10N2O2S. The summed E-state index contributed by atoms with van der Waals surface area (Å²) in [5.74, 6) is 0.678. The molecule has 0 unspecified atom stereocenters. The average Bonchev–Trinajstić information content (AvgIpc) is 2.85. The second kappa shape index (κ2) is 3.92. The maximum absolute atomic E-state index is 11.4. The topological polar surface area (TPSA) is 64.7 Å². The lowest BCUT2D eigenvalue weighted by molar-refractivity contribution is -0.113. The molecule has 1 aromatic carbocycles.